The van der Waals surface area contributed by atoms with Crippen molar-refractivity contribution in [2.45, 2.75) is 146 Å². The number of amides is 8. The quantitative estimate of drug-likeness (QED) is 0.0282. The molecule has 0 aliphatic rings. The van der Waals surface area contributed by atoms with Crippen LogP contribution in [0.3, 0.4) is 0 Å². The number of unbranched alkanes of at least 4 members (excludes halogenated alkanes) is 3. The molecular formula is C37H60N8O20. The molecule has 18 N–H and O–H groups in total. The van der Waals surface area contributed by atoms with Gasteiger partial charge in [-0.2, -0.15) is 0 Å². The summed E-state index contributed by atoms with van der Waals surface area (Å²) < 4.78 is 0. The van der Waals surface area contributed by atoms with E-state index in [1.54, 1.807) is 0 Å². The van der Waals surface area contributed by atoms with Gasteiger partial charge in [-0.1, -0.05) is 12.8 Å². The van der Waals surface area contributed by atoms with Gasteiger partial charge in [-0.15, -0.1) is 0 Å². The maximum Gasteiger partial charge on any atom is 0.326 e. The predicted octanol–water partition coefficient (Wildman–Crippen LogP) is -3.24. The fourth-order valence-electron chi connectivity index (χ4n) is 4.79. The third-order valence-electron chi connectivity index (χ3n) is 8.17. The van der Waals surface area contributed by atoms with Crippen LogP contribution in [0.5, 0.6) is 0 Å². The van der Waals surface area contributed by atoms with Crippen molar-refractivity contribution >= 4 is 83.1 Å². The number of nitrogens with one attached hydrogen (secondary N) is 4. The highest BCUT2D eigenvalue weighted by atomic mass is 16.4. The van der Waals surface area contributed by atoms with E-state index >= 15 is 0 Å². The summed E-state index contributed by atoms with van der Waals surface area (Å²) in [6.07, 6.45) is 0.597. The van der Waals surface area contributed by atoms with Gasteiger partial charge >= 0.3 is 35.8 Å². The Labute approximate surface area is 370 Å². The van der Waals surface area contributed by atoms with E-state index in [1.807, 2.05) is 0 Å². The van der Waals surface area contributed by atoms with Gasteiger partial charge in [0.1, 0.15) is 24.2 Å². The van der Waals surface area contributed by atoms with Crippen LogP contribution in [0.25, 0.3) is 0 Å². The molecule has 0 saturated heterocycles. The van der Waals surface area contributed by atoms with Crippen molar-refractivity contribution in [1.82, 2.24) is 21.3 Å². The third kappa shape index (κ3) is 40.4. The topological polar surface area (TPSA) is 513 Å². The Kier molecular flexibility index (Phi) is 34.4. The molecule has 8 amide bonds. The molecule has 0 rings (SSSR count). The van der Waals surface area contributed by atoms with Gasteiger partial charge < -0.3 is 74.8 Å². The Hall–Kier alpha value is -7.42. The number of carbonyl (C=O) groups is 14. The zero-order chi connectivity index (χ0) is 50.7. The van der Waals surface area contributed by atoms with E-state index in [0.29, 0.717) is 25.7 Å². The van der Waals surface area contributed by atoms with Crippen molar-refractivity contribution in [3.8, 4) is 0 Å². The Bertz CT molecular complexity index is 1620. The van der Waals surface area contributed by atoms with E-state index in [4.69, 9.17) is 53.6 Å². The van der Waals surface area contributed by atoms with Gasteiger partial charge in [-0.3, -0.25) is 47.9 Å². The van der Waals surface area contributed by atoms with Gasteiger partial charge in [0.25, 0.3) is 0 Å². The number of carboxylic acids is 6. The smallest absolute Gasteiger partial charge is 0.326 e. The van der Waals surface area contributed by atoms with Crippen LogP contribution in [0.4, 0.5) is 0 Å². The van der Waals surface area contributed by atoms with Crippen molar-refractivity contribution in [2.24, 2.45) is 22.9 Å². The maximum absolute atomic E-state index is 11.8. The lowest BCUT2D eigenvalue weighted by molar-refractivity contribution is -0.143. The fourth-order valence-corrected chi connectivity index (χ4v) is 4.79. The number of hydrogen-bond acceptors (Lipinski definition) is 14. The molecule has 0 aromatic heterocycles. The van der Waals surface area contributed by atoms with Gasteiger partial charge in [0.15, 0.2) is 0 Å². The lowest BCUT2D eigenvalue weighted by Gasteiger charge is -2.14. The van der Waals surface area contributed by atoms with Crippen LogP contribution in [0.15, 0.2) is 0 Å². The average Bonchev–Trinajstić information content (AvgIpc) is 3.18. The third-order valence-corrected chi connectivity index (χ3v) is 8.17. The summed E-state index contributed by atoms with van der Waals surface area (Å²) in [7, 11) is 0. The fraction of sp³-hybridized carbons (Fsp3) is 0.622. The summed E-state index contributed by atoms with van der Waals surface area (Å²) in [4.78, 5) is 152. The van der Waals surface area contributed by atoms with Gasteiger partial charge in [0.05, 0.1) is 6.42 Å². The first-order valence-corrected chi connectivity index (χ1v) is 19.8. The highest BCUT2D eigenvalue weighted by Gasteiger charge is 2.23. The van der Waals surface area contributed by atoms with Crippen LogP contribution in [0, 0.1) is 0 Å². The Balaban J connectivity index is -0.000000945. The SMILES string of the molecule is NC(=O)CCC(NC(=O)CCC(=O)O)C(=O)O.NC(=O)CCC(NC(=O)CCCC(=O)O)C(=O)O.NC(=O)CCC(NC(=O)CCCCCCC(=O)NC(CCC(N)=O)C(=O)O)C(=O)O. The normalized spacial score (nSPS) is 11.9. The van der Waals surface area contributed by atoms with E-state index in [1.165, 1.54) is 0 Å². The summed E-state index contributed by atoms with van der Waals surface area (Å²) in [6.45, 7) is 0. The molecule has 28 heteroatoms. The zero-order valence-corrected chi connectivity index (χ0v) is 35.5. The Morgan fingerprint density at radius 3 is 0.738 bits per heavy atom. The van der Waals surface area contributed by atoms with Gasteiger partial charge in [0.2, 0.25) is 47.3 Å². The minimum absolute atomic E-state index is 0.0767. The van der Waals surface area contributed by atoms with Crippen molar-refractivity contribution in [1.29, 1.82) is 0 Å². The standard InChI is InChI=1S/C18H30N4O8.C10H16N2O6.C9H14N2O6/c19-13(23)9-7-11(17(27)28)21-15(25)5-3-1-2-4-6-16(26)22-12(18(29)30)8-10-14(20)24;11-7(13)5-4-6(10(17)18)12-8(14)2-1-3-9(15)16;10-6(12)2-1-5(9(16)17)11-7(13)3-4-8(14)15/h11-12H,1-10H2,(H2,19,23)(H2,20,24)(H,21,25)(H,22,26)(H,27,28)(H,29,30);6H,1-5H2,(H2,11,13)(H,12,14)(H,15,16)(H,17,18);5H,1-4H2,(H2,10,12)(H,11,13)(H,14,15)(H,16,17). The first-order valence-electron chi connectivity index (χ1n) is 19.8. The van der Waals surface area contributed by atoms with E-state index < -0.39 is 107 Å². The number of primary amides is 4. The molecule has 0 heterocycles. The molecular weight excluding hydrogens is 876 g/mol. The maximum atomic E-state index is 11.8. The summed E-state index contributed by atoms with van der Waals surface area (Å²) in [5, 5.41) is 61.2. The number of carbonyl (C=O) groups excluding carboxylic acids is 8. The van der Waals surface area contributed by atoms with Crippen LogP contribution in [-0.2, 0) is 67.1 Å². The number of hydrogen-bond donors (Lipinski definition) is 14. The Morgan fingerprint density at radius 2 is 0.523 bits per heavy atom. The Morgan fingerprint density at radius 1 is 0.292 bits per heavy atom. The second kappa shape index (κ2) is 36.1. The number of nitrogens with two attached hydrogens (primary N) is 4. The van der Waals surface area contributed by atoms with Crippen molar-refractivity contribution in [2.75, 3.05) is 0 Å². The lowest BCUT2D eigenvalue weighted by atomic mass is 10.1. The molecule has 4 unspecified atom stereocenters. The molecule has 0 spiro atoms. The zero-order valence-electron chi connectivity index (χ0n) is 35.5. The van der Waals surface area contributed by atoms with Crippen molar-refractivity contribution in [3.05, 3.63) is 0 Å². The molecule has 0 aromatic rings. The van der Waals surface area contributed by atoms with Crippen LogP contribution in [0.2, 0.25) is 0 Å². The highest BCUT2D eigenvalue weighted by Crippen LogP contribution is 2.08. The predicted molar refractivity (Wildman–Crippen MR) is 218 cm³/mol. The first kappa shape index (κ1) is 61.9. The monoisotopic (exact) mass is 936 g/mol. The number of rotatable bonds is 34. The van der Waals surface area contributed by atoms with Gasteiger partial charge in [-0.05, 0) is 44.9 Å². The second-order valence-electron chi connectivity index (χ2n) is 13.9. The molecule has 65 heavy (non-hydrogen) atoms. The van der Waals surface area contributed by atoms with Gasteiger partial charge in [-0.25, -0.2) is 19.2 Å². The number of aliphatic carboxylic acids is 6. The summed E-state index contributed by atoms with van der Waals surface area (Å²) in [5.41, 5.74) is 19.7. The lowest BCUT2D eigenvalue weighted by Crippen LogP contribution is -2.41. The largest absolute Gasteiger partial charge is 0.481 e. The number of carboxylic acid groups (broad SMARTS) is 6. The molecule has 0 bridgehead atoms. The summed E-state index contributed by atoms with van der Waals surface area (Å²) >= 11 is 0. The van der Waals surface area contributed by atoms with E-state index in [2.05, 4.69) is 21.3 Å². The molecule has 0 aromatic carbocycles. The highest BCUT2D eigenvalue weighted by molar-refractivity contribution is 5.87. The molecule has 0 saturated carbocycles. The van der Waals surface area contributed by atoms with E-state index in [0.717, 1.165) is 0 Å². The molecule has 368 valence electrons. The van der Waals surface area contributed by atoms with E-state index in [9.17, 15) is 67.1 Å². The van der Waals surface area contributed by atoms with Crippen LogP contribution in [0.1, 0.15) is 122 Å². The molecule has 0 radical (unpaired) electrons. The van der Waals surface area contributed by atoms with E-state index in [-0.39, 0.29) is 96.3 Å². The second-order valence-corrected chi connectivity index (χ2v) is 13.9. The molecule has 0 fully saturated rings. The first-order chi connectivity index (χ1) is 30.2. The minimum atomic E-state index is -1.30. The van der Waals surface area contributed by atoms with Gasteiger partial charge in [0, 0.05) is 57.8 Å². The van der Waals surface area contributed by atoms with Crippen LogP contribution in [-0.4, -0.2) is 138 Å². The summed E-state index contributed by atoms with van der Waals surface area (Å²) in [5.74, 6) is -12.0. The average molecular weight is 937 g/mol. The molecule has 4 atom stereocenters. The van der Waals surface area contributed by atoms with Crippen molar-refractivity contribution < 1.29 is 97.8 Å². The molecule has 0 aliphatic heterocycles. The molecule has 28 nitrogen and oxygen atoms in total. The molecule has 0 aliphatic carbocycles. The van der Waals surface area contributed by atoms with Crippen molar-refractivity contribution in [3.63, 3.8) is 0 Å². The summed E-state index contributed by atoms with van der Waals surface area (Å²) in [6, 6.07) is -4.77. The minimum Gasteiger partial charge on any atom is -0.481 e. The van der Waals surface area contributed by atoms with Crippen LogP contribution >= 0.6 is 0 Å². The van der Waals surface area contributed by atoms with Crippen LogP contribution < -0.4 is 44.2 Å².